The van der Waals surface area contributed by atoms with Crippen LogP contribution in [-0.2, 0) is 12.6 Å². The van der Waals surface area contributed by atoms with Crippen LogP contribution in [-0.4, -0.2) is 65.1 Å². The number of aliphatic hydroxyl groups is 1. The second-order valence-electron chi connectivity index (χ2n) is 9.88. The maximum absolute atomic E-state index is 13.3. The molecule has 0 radical (unpaired) electrons. The zero-order valence-corrected chi connectivity index (χ0v) is 21.4. The summed E-state index contributed by atoms with van der Waals surface area (Å²) in [6.07, 6.45) is 10.7. The predicted octanol–water partition coefficient (Wildman–Crippen LogP) is 3.03. The fraction of sp³-hybridized carbons (Fsp3) is 0.296. The van der Waals surface area contributed by atoms with Gasteiger partial charge in [0.1, 0.15) is 23.3 Å². The Kier molecular flexibility index (Phi) is 5.79. The Bertz CT molecular complexity index is 1580. The number of fused-ring (bicyclic) bond motifs is 1. The number of nitrogens with zero attached hydrogens (tertiary/aromatic N) is 9. The summed E-state index contributed by atoms with van der Waals surface area (Å²) in [5.74, 6) is 1.14. The highest BCUT2D eigenvalue weighted by molar-refractivity contribution is 5.77. The molecule has 2 atom stereocenters. The highest BCUT2D eigenvalue weighted by Gasteiger charge is 2.30. The monoisotopic (exact) mass is 513 g/mol. The van der Waals surface area contributed by atoms with E-state index in [0.717, 1.165) is 35.6 Å². The third-order valence-electron chi connectivity index (χ3n) is 7.21. The first-order valence-electron chi connectivity index (χ1n) is 12.4. The fourth-order valence-electron chi connectivity index (χ4n) is 5.00. The maximum atomic E-state index is 13.3. The maximum Gasteiger partial charge on any atom is 0.225 e. The van der Waals surface area contributed by atoms with E-state index in [4.69, 9.17) is 0 Å². The van der Waals surface area contributed by atoms with Gasteiger partial charge in [0.05, 0.1) is 6.20 Å². The zero-order chi connectivity index (χ0) is 26.4. The Morgan fingerprint density at radius 1 is 0.947 bits per heavy atom. The van der Waals surface area contributed by atoms with Crippen LogP contribution in [0.1, 0.15) is 25.0 Å². The Labute approximate surface area is 219 Å². The van der Waals surface area contributed by atoms with Crippen molar-refractivity contribution < 1.29 is 9.50 Å². The molecule has 11 heteroatoms. The van der Waals surface area contributed by atoms with E-state index < -0.39 is 5.60 Å². The van der Waals surface area contributed by atoms with Gasteiger partial charge in [-0.25, -0.2) is 23.9 Å². The van der Waals surface area contributed by atoms with Gasteiger partial charge in [-0.2, -0.15) is 10.2 Å². The first-order valence-corrected chi connectivity index (χ1v) is 12.4. The largest absolute Gasteiger partial charge is 0.381 e. The lowest BCUT2D eigenvalue weighted by Gasteiger charge is -2.40. The van der Waals surface area contributed by atoms with E-state index in [0.29, 0.717) is 23.6 Å². The predicted molar refractivity (Wildman–Crippen MR) is 141 cm³/mol. The van der Waals surface area contributed by atoms with Crippen LogP contribution in [0.4, 0.5) is 16.2 Å². The summed E-state index contributed by atoms with van der Waals surface area (Å²) in [5.41, 5.74) is 2.79. The van der Waals surface area contributed by atoms with Crippen molar-refractivity contribution in [3.05, 3.63) is 84.6 Å². The number of aromatic nitrogens is 7. The highest BCUT2D eigenvalue weighted by atomic mass is 19.1. The fourth-order valence-corrected chi connectivity index (χ4v) is 5.00. The van der Waals surface area contributed by atoms with Crippen molar-refractivity contribution in [2.75, 3.05) is 29.4 Å². The number of aryl methyl sites for hydroxylation is 1. The first-order chi connectivity index (χ1) is 18.3. The molecule has 0 aliphatic carbocycles. The molecular weight excluding hydrogens is 485 g/mol. The van der Waals surface area contributed by atoms with Gasteiger partial charge >= 0.3 is 0 Å². The average molecular weight is 514 g/mol. The minimum Gasteiger partial charge on any atom is -0.381 e. The van der Waals surface area contributed by atoms with Crippen molar-refractivity contribution in [2.45, 2.75) is 25.5 Å². The molecule has 38 heavy (non-hydrogen) atoms. The number of hydrogen-bond acceptors (Lipinski definition) is 8. The Morgan fingerprint density at radius 3 is 2.39 bits per heavy atom. The Hall–Kier alpha value is -4.38. The van der Waals surface area contributed by atoms with Gasteiger partial charge in [-0.3, -0.25) is 4.68 Å². The average Bonchev–Trinajstić information content (AvgIpc) is 3.55. The molecule has 0 saturated carbocycles. The quantitative estimate of drug-likeness (QED) is 0.383. The van der Waals surface area contributed by atoms with Crippen LogP contribution in [0.3, 0.4) is 0 Å². The number of piperazine rings is 1. The van der Waals surface area contributed by atoms with Crippen LogP contribution in [0.5, 0.6) is 0 Å². The van der Waals surface area contributed by atoms with Gasteiger partial charge in [-0.1, -0.05) is 12.1 Å². The summed E-state index contributed by atoms with van der Waals surface area (Å²) in [4.78, 5) is 18.2. The molecule has 10 nitrogen and oxygen atoms in total. The second kappa shape index (κ2) is 9.18. The van der Waals surface area contributed by atoms with Gasteiger partial charge in [0, 0.05) is 74.2 Å². The third kappa shape index (κ3) is 4.24. The van der Waals surface area contributed by atoms with Gasteiger partial charge in [0.15, 0.2) is 5.82 Å². The van der Waals surface area contributed by atoms with Crippen LogP contribution in [0, 0.1) is 5.82 Å². The minimum absolute atomic E-state index is 0.120. The molecule has 5 aromatic rings. The van der Waals surface area contributed by atoms with Crippen molar-refractivity contribution in [1.29, 1.82) is 0 Å². The topological polar surface area (TPSA) is 101 Å². The third-order valence-corrected chi connectivity index (χ3v) is 7.21. The number of anilines is 2. The van der Waals surface area contributed by atoms with Crippen LogP contribution < -0.4 is 9.80 Å². The second-order valence-corrected chi connectivity index (χ2v) is 9.88. The molecule has 1 aliphatic rings. The molecule has 0 spiro atoms. The van der Waals surface area contributed by atoms with E-state index in [-0.39, 0.29) is 11.9 Å². The molecule has 1 fully saturated rings. The molecule has 1 aromatic carbocycles. The summed E-state index contributed by atoms with van der Waals surface area (Å²) in [6, 6.07) is 8.02. The van der Waals surface area contributed by atoms with Crippen molar-refractivity contribution in [2.24, 2.45) is 7.05 Å². The van der Waals surface area contributed by atoms with Crippen LogP contribution in [0.2, 0.25) is 0 Å². The summed E-state index contributed by atoms with van der Waals surface area (Å²) < 4.78 is 17.0. The molecule has 5 heterocycles. The Balaban J connectivity index is 1.20. The summed E-state index contributed by atoms with van der Waals surface area (Å²) in [5, 5.41) is 19.8. The summed E-state index contributed by atoms with van der Waals surface area (Å²) in [7, 11) is 1.90. The molecule has 194 valence electrons. The molecule has 0 unspecified atom stereocenters. The van der Waals surface area contributed by atoms with E-state index in [1.807, 2.05) is 30.2 Å². The van der Waals surface area contributed by atoms with E-state index in [9.17, 15) is 9.50 Å². The van der Waals surface area contributed by atoms with E-state index in [1.165, 1.54) is 12.1 Å². The number of hydrogen-bond donors (Lipinski definition) is 1. The minimum atomic E-state index is -1.33. The Morgan fingerprint density at radius 2 is 1.71 bits per heavy atom. The van der Waals surface area contributed by atoms with Gasteiger partial charge < -0.3 is 14.9 Å². The summed E-state index contributed by atoms with van der Waals surface area (Å²) in [6.45, 7) is 5.97. The molecule has 1 N–H and O–H groups in total. The number of halogens is 1. The molecule has 6 rings (SSSR count). The molecular formula is C27H28FN9O. The van der Waals surface area contributed by atoms with Crippen molar-refractivity contribution in [1.82, 2.24) is 34.3 Å². The zero-order valence-electron chi connectivity index (χ0n) is 21.4. The lowest BCUT2D eigenvalue weighted by atomic mass is 9.90. The van der Waals surface area contributed by atoms with Gasteiger partial charge in [-0.05, 0) is 37.6 Å². The smallest absolute Gasteiger partial charge is 0.225 e. The van der Waals surface area contributed by atoms with Crippen molar-refractivity contribution in [3.63, 3.8) is 0 Å². The summed E-state index contributed by atoms with van der Waals surface area (Å²) >= 11 is 0. The number of benzene rings is 1. The lowest BCUT2D eigenvalue weighted by Crippen LogP contribution is -2.53. The standard InChI is InChI=1S/C27H28FN9O/c1-18-14-35(25-24-10-19(16-37(24)33-17-31-25)20-11-32-34(3)15-20)8-9-36(18)26-29-12-22(13-30-26)27(2,38)21-4-6-23(28)7-5-21/h4-7,10-13,15-18,38H,8-9,14H2,1-3H3/t18-,27-/m1/s1. The normalized spacial score (nSPS) is 17.7. The SMILES string of the molecule is C[C@@H]1CN(c2ncnn3cc(-c4cnn(C)c4)cc23)CCN1c1ncc([C@](C)(O)c2ccc(F)cc2)cn1. The van der Waals surface area contributed by atoms with Crippen molar-refractivity contribution >= 4 is 17.3 Å². The van der Waals surface area contributed by atoms with E-state index in [2.05, 4.69) is 47.9 Å². The van der Waals surface area contributed by atoms with Crippen LogP contribution in [0.25, 0.3) is 16.6 Å². The first kappa shape index (κ1) is 24.0. The van der Waals surface area contributed by atoms with Crippen LogP contribution >= 0.6 is 0 Å². The van der Waals surface area contributed by atoms with Crippen molar-refractivity contribution in [3.8, 4) is 11.1 Å². The molecule has 1 aliphatic heterocycles. The lowest BCUT2D eigenvalue weighted by molar-refractivity contribution is 0.101. The van der Waals surface area contributed by atoms with E-state index in [1.54, 1.807) is 42.5 Å². The molecule has 1 saturated heterocycles. The molecule has 0 bridgehead atoms. The van der Waals surface area contributed by atoms with Gasteiger partial charge in [0.25, 0.3) is 0 Å². The van der Waals surface area contributed by atoms with Gasteiger partial charge in [0.2, 0.25) is 5.95 Å². The van der Waals surface area contributed by atoms with Crippen LogP contribution in [0.15, 0.2) is 67.6 Å². The molecule has 0 amide bonds. The number of rotatable bonds is 5. The van der Waals surface area contributed by atoms with Gasteiger partial charge in [-0.15, -0.1) is 0 Å². The van der Waals surface area contributed by atoms with E-state index >= 15 is 0 Å². The molecule has 4 aromatic heterocycles. The highest BCUT2D eigenvalue weighted by Crippen LogP contribution is 2.31.